The summed E-state index contributed by atoms with van der Waals surface area (Å²) in [6, 6.07) is 6.32. The molecule has 1 aliphatic rings. The van der Waals surface area contributed by atoms with E-state index in [9.17, 15) is 9.59 Å². The number of aryl methyl sites for hydroxylation is 3. The lowest BCUT2D eigenvalue weighted by molar-refractivity contribution is 0.590. The summed E-state index contributed by atoms with van der Waals surface area (Å²) in [4.78, 5) is 32.3. The molecule has 0 saturated carbocycles. The van der Waals surface area contributed by atoms with Gasteiger partial charge >= 0.3 is 5.69 Å². The van der Waals surface area contributed by atoms with Crippen LogP contribution >= 0.6 is 0 Å². The molecule has 3 heterocycles. The van der Waals surface area contributed by atoms with Gasteiger partial charge in [0.2, 0.25) is 5.95 Å². The Labute approximate surface area is 151 Å². The van der Waals surface area contributed by atoms with E-state index in [-0.39, 0.29) is 11.2 Å². The van der Waals surface area contributed by atoms with E-state index in [1.807, 2.05) is 11.5 Å². The second-order valence-electron chi connectivity index (χ2n) is 6.98. The van der Waals surface area contributed by atoms with Crippen molar-refractivity contribution >= 4 is 22.8 Å². The van der Waals surface area contributed by atoms with Crippen LogP contribution in [0.3, 0.4) is 0 Å². The van der Waals surface area contributed by atoms with E-state index in [2.05, 4.69) is 41.9 Å². The van der Waals surface area contributed by atoms with Gasteiger partial charge in [0.15, 0.2) is 11.2 Å². The number of benzene rings is 1. The van der Waals surface area contributed by atoms with Crippen LogP contribution in [0.15, 0.2) is 27.8 Å². The topological polar surface area (TPSA) is 65.1 Å². The molecular weight excluding hydrogens is 330 g/mol. The first-order valence-corrected chi connectivity index (χ1v) is 8.99. The van der Waals surface area contributed by atoms with Crippen LogP contribution in [-0.4, -0.2) is 25.2 Å². The molecule has 0 amide bonds. The van der Waals surface area contributed by atoms with Crippen LogP contribution in [0.1, 0.15) is 24.5 Å². The van der Waals surface area contributed by atoms with Crippen LogP contribution in [0.2, 0.25) is 0 Å². The summed E-state index contributed by atoms with van der Waals surface area (Å²) in [6.45, 7) is 7.97. The fourth-order valence-electron chi connectivity index (χ4n) is 3.84. The summed E-state index contributed by atoms with van der Waals surface area (Å²) >= 11 is 0. The van der Waals surface area contributed by atoms with E-state index in [1.54, 1.807) is 7.05 Å². The van der Waals surface area contributed by atoms with Gasteiger partial charge in [-0.15, -0.1) is 0 Å². The zero-order valence-corrected chi connectivity index (χ0v) is 15.6. The highest BCUT2D eigenvalue weighted by Crippen LogP contribution is 2.33. The van der Waals surface area contributed by atoms with E-state index in [0.29, 0.717) is 24.3 Å². The van der Waals surface area contributed by atoms with Gasteiger partial charge in [-0.1, -0.05) is 24.6 Å². The summed E-state index contributed by atoms with van der Waals surface area (Å²) in [6.07, 6.45) is 0.732. The van der Waals surface area contributed by atoms with Gasteiger partial charge in [0.05, 0.1) is 0 Å². The zero-order valence-electron chi connectivity index (χ0n) is 15.6. The van der Waals surface area contributed by atoms with Crippen LogP contribution in [0, 0.1) is 13.8 Å². The lowest BCUT2D eigenvalue weighted by Gasteiger charge is -2.19. The number of hydrogen-bond donors (Lipinski definition) is 0. The van der Waals surface area contributed by atoms with Crippen LogP contribution in [-0.2, 0) is 20.1 Å². The Morgan fingerprint density at radius 2 is 1.92 bits per heavy atom. The van der Waals surface area contributed by atoms with Gasteiger partial charge in [-0.05, 0) is 31.9 Å². The van der Waals surface area contributed by atoms with E-state index in [4.69, 9.17) is 0 Å². The van der Waals surface area contributed by atoms with Crippen molar-refractivity contribution in [2.45, 2.75) is 40.3 Å². The highest BCUT2D eigenvalue weighted by Gasteiger charge is 2.29. The molecule has 26 heavy (non-hydrogen) atoms. The third-order valence-corrected chi connectivity index (χ3v) is 5.09. The van der Waals surface area contributed by atoms with Gasteiger partial charge in [0.1, 0.15) is 0 Å². The van der Waals surface area contributed by atoms with Gasteiger partial charge in [0, 0.05) is 32.4 Å². The minimum Gasteiger partial charge on any atom is -0.310 e. The fourth-order valence-corrected chi connectivity index (χ4v) is 3.84. The van der Waals surface area contributed by atoms with Crippen molar-refractivity contribution in [2.75, 3.05) is 11.4 Å². The quantitative estimate of drug-likeness (QED) is 0.723. The molecule has 4 rings (SSSR count). The van der Waals surface area contributed by atoms with Crippen LogP contribution < -0.4 is 16.1 Å². The Morgan fingerprint density at radius 1 is 1.15 bits per heavy atom. The predicted molar refractivity (Wildman–Crippen MR) is 102 cm³/mol. The van der Waals surface area contributed by atoms with Gasteiger partial charge in [-0.2, -0.15) is 4.98 Å². The molecule has 0 radical (unpaired) electrons. The molecule has 2 aromatic heterocycles. The maximum absolute atomic E-state index is 12.9. The minimum atomic E-state index is -0.306. The molecular formula is C19H23N5O2. The summed E-state index contributed by atoms with van der Waals surface area (Å²) in [5.74, 6) is 0.730. The fraction of sp³-hybridized carbons (Fsp3) is 0.421. The average molecular weight is 353 g/mol. The van der Waals surface area contributed by atoms with Crippen LogP contribution in [0.25, 0.3) is 11.2 Å². The summed E-state index contributed by atoms with van der Waals surface area (Å²) in [5.41, 5.74) is 3.89. The molecule has 1 aliphatic heterocycles. The molecule has 0 aliphatic carbocycles. The summed E-state index contributed by atoms with van der Waals surface area (Å²) in [5, 5.41) is 0. The summed E-state index contributed by atoms with van der Waals surface area (Å²) in [7, 11) is 1.68. The first-order valence-electron chi connectivity index (χ1n) is 8.99. The Hall–Kier alpha value is -2.83. The van der Waals surface area contributed by atoms with Crippen molar-refractivity contribution in [1.82, 2.24) is 18.7 Å². The highest BCUT2D eigenvalue weighted by molar-refractivity contribution is 5.78. The van der Waals surface area contributed by atoms with Crippen molar-refractivity contribution in [3.63, 3.8) is 0 Å². The molecule has 0 atom stereocenters. The van der Waals surface area contributed by atoms with Gasteiger partial charge in [0.25, 0.3) is 5.56 Å². The Balaban J connectivity index is 1.97. The first-order chi connectivity index (χ1) is 12.4. The normalized spacial score (nSPS) is 13.6. The second kappa shape index (κ2) is 5.86. The second-order valence-corrected chi connectivity index (χ2v) is 6.98. The van der Waals surface area contributed by atoms with Crippen molar-refractivity contribution in [2.24, 2.45) is 7.05 Å². The van der Waals surface area contributed by atoms with Crippen molar-refractivity contribution in [3.05, 3.63) is 50.2 Å². The lowest BCUT2D eigenvalue weighted by Crippen LogP contribution is -2.39. The summed E-state index contributed by atoms with van der Waals surface area (Å²) < 4.78 is 4.75. The third-order valence-electron chi connectivity index (χ3n) is 5.09. The first kappa shape index (κ1) is 16.6. The van der Waals surface area contributed by atoms with Crippen molar-refractivity contribution < 1.29 is 0 Å². The molecule has 3 aromatic rings. The molecule has 7 nitrogen and oxygen atoms in total. The SMILES string of the molecule is CCCn1c(=O)c2c(nc3n2CCN3c2ccc(C)cc2C)n(C)c1=O. The monoisotopic (exact) mass is 353 g/mol. The molecule has 0 fully saturated rings. The van der Waals surface area contributed by atoms with Crippen LogP contribution in [0.4, 0.5) is 11.6 Å². The maximum atomic E-state index is 12.9. The molecule has 0 saturated heterocycles. The van der Waals surface area contributed by atoms with Crippen LogP contribution in [0.5, 0.6) is 0 Å². The maximum Gasteiger partial charge on any atom is 0.332 e. The predicted octanol–water partition coefficient (Wildman–Crippen LogP) is 2.08. The number of nitrogens with zero attached hydrogens (tertiary/aromatic N) is 5. The van der Waals surface area contributed by atoms with E-state index >= 15 is 0 Å². The van der Waals surface area contributed by atoms with Gasteiger partial charge in [-0.25, -0.2) is 4.79 Å². The zero-order chi connectivity index (χ0) is 18.6. The van der Waals surface area contributed by atoms with E-state index in [1.165, 1.54) is 20.3 Å². The number of rotatable bonds is 3. The third kappa shape index (κ3) is 2.23. The Bertz CT molecular complexity index is 1140. The van der Waals surface area contributed by atoms with Crippen molar-refractivity contribution in [1.29, 1.82) is 0 Å². The highest BCUT2D eigenvalue weighted by atomic mass is 16.2. The van der Waals surface area contributed by atoms with E-state index < -0.39 is 0 Å². The number of anilines is 2. The smallest absolute Gasteiger partial charge is 0.310 e. The molecule has 0 unspecified atom stereocenters. The van der Waals surface area contributed by atoms with Gasteiger partial charge < -0.3 is 9.47 Å². The number of hydrogen-bond acceptors (Lipinski definition) is 4. The lowest BCUT2D eigenvalue weighted by atomic mass is 10.1. The molecule has 1 aromatic carbocycles. The van der Waals surface area contributed by atoms with E-state index in [0.717, 1.165) is 24.6 Å². The number of fused-ring (bicyclic) bond motifs is 3. The average Bonchev–Trinajstić information content (AvgIpc) is 3.16. The molecule has 7 heteroatoms. The Morgan fingerprint density at radius 3 is 2.62 bits per heavy atom. The molecule has 0 bridgehead atoms. The standard InChI is InChI=1S/C19H23N5O2/c1-5-8-24-17(25)15-16(21(4)19(24)26)20-18-22(9-10-23(15)18)14-7-6-12(2)11-13(14)3/h6-7,11H,5,8-10H2,1-4H3. The van der Waals surface area contributed by atoms with Gasteiger partial charge in [-0.3, -0.25) is 13.9 Å². The minimum absolute atomic E-state index is 0.244. The Kier molecular flexibility index (Phi) is 3.75. The molecule has 0 N–H and O–H groups in total. The molecule has 136 valence electrons. The molecule has 0 spiro atoms. The number of imidazole rings is 1. The van der Waals surface area contributed by atoms with Crippen molar-refractivity contribution in [3.8, 4) is 0 Å². The number of aromatic nitrogens is 4. The largest absolute Gasteiger partial charge is 0.332 e.